The number of nitrogens with one attached hydrogen (secondary N) is 1. The van der Waals surface area contributed by atoms with Gasteiger partial charge in [-0.2, -0.15) is 0 Å². The molecule has 0 bridgehead atoms. The molecule has 0 atom stereocenters. The van der Waals surface area contributed by atoms with Gasteiger partial charge in [-0.1, -0.05) is 46.6 Å². The largest absolute Gasteiger partial charge is 0.501 e. The fourth-order valence-electron chi connectivity index (χ4n) is 2.05. The number of hydrogen-bond acceptors (Lipinski definition) is 4. The van der Waals surface area contributed by atoms with Gasteiger partial charge in [0.25, 0.3) is 0 Å². The molecule has 0 saturated carbocycles. The van der Waals surface area contributed by atoms with Gasteiger partial charge in [0.15, 0.2) is 0 Å². The van der Waals surface area contributed by atoms with Gasteiger partial charge >= 0.3 is 8.80 Å². The number of unbranched alkanes of at least 4 members (excludes halogenated alkanes) is 3. The van der Waals surface area contributed by atoms with E-state index in [4.69, 9.17) is 13.3 Å². The molecule has 1 N–H and O–H groups in total. The molecule has 0 rings (SSSR count). The first kappa shape index (κ1) is 23.3. The lowest BCUT2D eigenvalue weighted by Crippen LogP contribution is -2.47. The van der Waals surface area contributed by atoms with Gasteiger partial charge in [0.1, 0.15) is 0 Å². The molecule has 0 aliphatic carbocycles. The molecule has 0 radical (unpaired) electrons. The minimum atomic E-state index is -2.67. The molecule has 5 nitrogen and oxygen atoms in total. The number of carbonyl (C=O) groups is 1. The molecule has 0 aromatic rings. The fraction of sp³-hybridized carbons (Fsp3) is 0.833. The number of amides is 1. The number of rotatable bonds is 17. The second-order valence-corrected chi connectivity index (χ2v) is 8.62. The minimum absolute atomic E-state index is 0.145. The monoisotopic (exact) mass is 359 g/mol. The van der Waals surface area contributed by atoms with Crippen LogP contribution in [0.1, 0.15) is 65.7 Å². The molecular formula is C18H37NO4Si. The van der Waals surface area contributed by atoms with Crippen LogP contribution in [0, 0.1) is 0 Å². The van der Waals surface area contributed by atoms with E-state index in [1.807, 2.05) is 0 Å². The van der Waals surface area contributed by atoms with Gasteiger partial charge in [-0.15, -0.1) is 0 Å². The molecule has 6 heteroatoms. The van der Waals surface area contributed by atoms with Gasteiger partial charge < -0.3 is 18.6 Å². The maximum absolute atomic E-state index is 11.3. The van der Waals surface area contributed by atoms with E-state index in [-0.39, 0.29) is 5.91 Å². The lowest BCUT2D eigenvalue weighted by Gasteiger charge is -2.30. The van der Waals surface area contributed by atoms with E-state index in [1.165, 1.54) is 6.08 Å². The van der Waals surface area contributed by atoms with Crippen LogP contribution in [0.2, 0.25) is 6.04 Å². The van der Waals surface area contributed by atoms with Crippen molar-refractivity contribution in [2.75, 3.05) is 26.4 Å². The Morgan fingerprint density at radius 1 is 0.917 bits per heavy atom. The molecule has 1 amide bonds. The maximum Gasteiger partial charge on any atom is 0.501 e. The second-order valence-electron chi connectivity index (χ2n) is 5.89. The van der Waals surface area contributed by atoms with Crippen molar-refractivity contribution in [2.24, 2.45) is 0 Å². The van der Waals surface area contributed by atoms with Gasteiger partial charge in [0.05, 0.1) is 0 Å². The molecule has 142 valence electrons. The van der Waals surface area contributed by atoms with E-state index in [0.29, 0.717) is 26.4 Å². The molecule has 0 heterocycles. The third-order valence-corrected chi connectivity index (χ3v) is 6.50. The smallest absolute Gasteiger partial charge is 0.373 e. The summed E-state index contributed by atoms with van der Waals surface area (Å²) in [6.07, 6.45) is 8.37. The first-order valence-corrected chi connectivity index (χ1v) is 11.4. The van der Waals surface area contributed by atoms with Crippen molar-refractivity contribution in [1.29, 1.82) is 0 Å². The zero-order chi connectivity index (χ0) is 18.1. The SMILES string of the molecule is C=CC(=O)NCCC[Si](OCCCC)(OCCCC)OCCCC. The third-order valence-electron chi connectivity index (χ3n) is 3.60. The quantitative estimate of drug-likeness (QED) is 0.242. The standard InChI is InChI=1S/C18H37NO4Si/c1-5-9-14-21-24(22-15-10-6-2,23-16-11-7-3)17-12-13-19-18(20)8-4/h8H,4-7,9-17H2,1-3H3,(H,19,20). The highest BCUT2D eigenvalue weighted by Gasteiger charge is 2.40. The molecule has 0 unspecified atom stereocenters. The molecule has 0 fully saturated rings. The van der Waals surface area contributed by atoms with Crippen molar-refractivity contribution in [3.8, 4) is 0 Å². The fourth-order valence-corrected chi connectivity index (χ4v) is 4.71. The molecule has 0 saturated heterocycles. The van der Waals surface area contributed by atoms with E-state index in [2.05, 4.69) is 32.7 Å². The predicted octanol–water partition coefficient (Wildman–Crippen LogP) is 4.07. The number of carbonyl (C=O) groups excluding carboxylic acids is 1. The van der Waals surface area contributed by atoms with Crippen LogP contribution in [0.5, 0.6) is 0 Å². The van der Waals surface area contributed by atoms with Crippen molar-refractivity contribution in [2.45, 2.75) is 71.8 Å². The molecule has 0 spiro atoms. The Bertz CT molecular complexity index is 300. The van der Waals surface area contributed by atoms with Crippen molar-refractivity contribution in [3.05, 3.63) is 12.7 Å². The Morgan fingerprint density at radius 2 is 1.38 bits per heavy atom. The highest BCUT2D eigenvalue weighted by atomic mass is 28.4. The Balaban J connectivity index is 4.64. The van der Waals surface area contributed by atoms with Crippen LogP contribution in [0.15, 0.2) is 12.7 Å². The maximum atomic E-state index is 11.3. The molecule has 0 aliphatic rings. The van der Waals surface area contributed by atoms with Crippen LogP contribution < -0.4 is 5.32 Å². The van der Waals surface area contributed by atoms with E-state index in [9.17, 15) is 4.79 Å². The molecule has 0 aromatic carbocycles. The lowest BCUT2D eigenvalue weighted by atomic mass is 10.4. The van der Waals surface area contributed by atoms with Crippen LogP contribution >= 0.6 is 0 Å². The Labute approximate surface area is 149 Å². The van der Waals surface area contributed by atoms with Crippen LogP contribution in [0.3, 0.4) is 0 Å². The third kappa shape index (κ3) is 11.8. The van der Waals surface area contributed by atoms with Gasteiger partial charge in [0, 0.05) is 32.4 Å². The molecule has 0 aromatic heterocycles. The van der Waals surface area contributed by atoms with Gasteiger partial charge in [-0.3, -0.25) is 4.79 Å². The summed E-state index contributed by atoms with van der Waals surface area (Å²) in [5, 5.41) is 2.81. The van der Waals surface area contributed by atoms with Crippen LogP contribution in [-0.2, 0) is 18.1 Å². The summed E-state index contributed by atoms with van der Waals surface area (Å²) in [5.74, 6) is -0.145. The summed E-state index contributed by atoms with van der Waals surface area (Å²) < 4.78 is 18.5. The van der Waals surface area contributed by atoms with E-state index >= 15 is 0 Å². The average Bonchev–Trinajstić information content (AvgIpc) is 2.59. The van der Waals surface area contributed by atoms with Crippen LogP contribution in [0.25, 0.3) is 0 Å². The summed E-state index contributed by atoms with van der Waals surface area (Å²) in [6.45, 7) is 12.5. The van der Waals surface area contributed by atoms with Crippen molar-refractivity contribution in [3.63, 3.8) is 0 Å². The zero-order valence-corrected chi connectivity index (χ0v) is 16.9. The average molecular weight is 360 g/mol. The summed E-state index contributed by atoms with van der Waals surface area (Å²) in [5.41, 5.74) is 0. The van der Waals surface area contributed by atoms with E-state index in [1.54, 1.807) is 0 Å². The van der Waals surface area contributed by atoms with Crippen molar-refractivity contribution in [1.82, 2.24) is 5.32 Å². The first-order valence-electron chi connectivity index (χ1n) is 9.46. The van der Waals surface area contributed by atoms with E-state index in [0.717, 1.165) is 51.0 Å². The molecular weight excluding hydrogens is 322 g/mol. The minimum Gasteiger partial charge on any atom is -0.373 e. The summed E-state index contributed by atoms with van der Waals surface area (Å²) in [4.78, 5) is 11.3. The Kier molecular flexibility index (Phi) is 15.4. The zero-order valence-electron chi connectivity index (χ0n) is 15.9. The first-order chi connectivity index (χ1) is 11.6. The Hall–Kier alpha value is -0.693. The second kappa shape index (κ2) is 15.8. The Morgan fingerprint density at radius 3 is 1.75 bits per heavy atom. The highest BCUT2D eigenvalue weighted by molar-refractivity contribution is 6.60. The van der Waals surface area contributed by atoms with Crippen LogP contribution in [-0.4, -0.2) is 41.1 Å². The number of hydrogen-bond donors (Lipinski definition) is 1. The topological polar surface area (TPSA) is 56.8 Å². The van der Waals surface area contributed by atoms with Gasteiger partial charge in [0.2, 0.25) is 5.91 Å². The summed E-state index contributed by atoms with van der Waals surface area (Å²) in [7, 11) is -2.67. The van der Waals surface area contributed by atoms with Crippen molar-refractivity contribution < 1.29 is 18.1 Å². The molecule has 0 aliphatic heterocycles. The summed E-state index contributed by atoms with van der Waals surface area (Å²) in [6, 6.07) is 0.738. The van der Waals surface area contributed by atoms with E-state index < -0.39 is 8.80 Å². The van der Waals surface area contributed by atoms with Crippen molar-refractivity contribution >= 4 is 14.7 Å². The highest BCUT2D eigenvalue weighted by Crippen LogP contribution is 2.20. The molecule has 24 heavy (non-hydrogen) atoms. The van der Waals surface area contributed by atoms with Gasteiger partial charge in [-0.25, -0.2) is 0 Å². The summed E-state index contributed by atoms with van der Waals surface area (Å²) >= 11 is 0. The van der Waals surface area contributed by atoms with Crippen LogP contribution in [0.4, 0.5) is 0 Å². The normalized spacial score (nSPS) is 11.5. The van der Waals surface area contributed by atoms with Gasteiger partial charge in [-0.05, 0) is 31.8 Å². The predicted molar refractivity (Wildman–Crippen MR) is 101 cm³/mol. The lowest BCUT2D eigenvalue weighted by molar-refractivity contribution is -0.116.